The van der Waals surface area contributed by atoms with Crippen molar-refractivity contribution in [1.82, 2.24) is 0 Å². The van der Waals surface area contributed by atoms with Crippen molar-refractivity contribution < 1.29 is 19.2 Å². The second-order valence-electron chi connectivity index (χ2n) is 1.31. The molecule has 6 heavy (non-hydrogen) atoms. The van der Waals surface area contributed by atoms with Gasteiger partial charge in [0, 0.05) is 0 Å². The number of hydrogen-bond acceptors (Lipinski definition) is 0. The van der Waals surface area contributed by atoms with Crippen LogP contribution in [0.4, 0.5) is 0 Å². The molecule has 0 unspecified atom stereocenters. The van der Waals surface area contributed by atoms with Gasteiger partial charge in [0.1, 0.15) is 0 Å². The predicted molar refractivity (Wildman–Crippen MR) is 26.7 cm³/mol. The van der Waals surface area contributed by atoms with E-state index in [-0.39, 0.29) is 6.19 Å². The van der Waals surface area contributed by atoms with E-state index in [4.69, 9.17) is 0 Å². The van der Waals surface area contributed by atoms with Crippen molar-refractivity contribution in [1.29, 1.82) is 0 Å². The zero-order chi connectivity index (χ0) is 4.99. The molecule has 0 amide bonds. The van der Waals surface area contributed by atoms with Crippen LogP contribution in [-0.2, 0) is 19.2 Å². The van der Waals surface area contributed by atoms with E-state index in [9.17, 15) is 0 Å². The average molecular weight is 134 g/mol. The van der Waals surface area contributed by atoms with Crippen LogP contribution in [0.5, 0.6) is 0 Å². The van der Waals surface area contributed by atoms with Gasteiger partial charge in [-0.3, -0.25) is 0 Å². The molecular weight excluding hydrogens is 124 g/mol. The number of hydrogen-bond donors (Lipinski definition) is 0. The Hall–Kier alpha value is 0.931. The van der Waals surface area contributed by atoms with E-state index in [1.807, 2.05) is 0 Å². The number of rotatable bonds is 2. The molecule has 0 heterocycles. The summed E-state index contributed by atoms with van der Waals surface area (Å²) in [7, 11) is 0. The van der Waals surface area contributed by atoms with Gasteiger partial charge >= 0.3 is 51.3 Å². The molecule has 0 saturated carbocycles. The van der Waals surface area contributed by atoms with Gasteiger partial charge in [0.2, 0.25) is 0 Å². The fourth-order valence-electron chi connectivity index (χ4n) is 0.250. The zero-order valence-electron chi connectivity index (χ0n) is 4.41. The molecule has 0 aromatic carbocycles. The van der Waals surface area contributed by atoms with E-state index >= 15 is 0 Å². The predicted octanol–water partition coefficient (Wildman–Crippen LogP) is 1.56. The van der Waals surface area contributed by atoms with E-state index in [2.05, 4.69) is 33.0 Å². The van der Waals surface area contributed by atoms with Crippen LogP contribution in [0.3, 0.4) is 0 Å². The van der Waals surface area contributed by atoms with E-state index in [1.165, 1.54) is 12.1 Å². The molecule has 0 aromatic heterocycles. The van der Waals surface area contributed by atoms with Crippen LogP contribution in [0.1, 0.15) is 13.8 Å². The summed E-state index contributed by atoms with van der Waals surface area (Å²) in [4.78, 5) is 0. The van der Waals surface area contributed by atoms with Gasteiger partial charge in [-0.05, 0) is 0 Å². The van der Waals surface area contributed by atoms with Crippen molar-refractivity contribution in [3.63, 3.8) is 0 Å². The van der Waals surface area contributed by atoms with Gasteiger partial charge in [-0.15, -0.1) is 0 Å². The third-order valence-electron chi connectivity index (χ3n) is 0.854. The minimum atomic E-state index is 0.132. The maximum atomic E-state index is 2.38. The second-order valence-corrected chi connectivity index (χ2v) is 7.24. The average Bonchev–Trinajstić information content (AvgIpc) is 1.65. The summed E-state index contributed by atoms with van der Waals surface area (Å²) in [6.45, 7) is 4.55. The Morgan fingerprint density at radius 2 is 1.67 bits per heavy atom. The molecule has 0 aromatic rings. The van der Waals surface area contributed by atoms with Crippen LogP contribution in [0.15, 0.2) is 0 Å². The van der Waals surface area contributed by atoms with Crippen LogP contribution < -0.4 is 0 Å². The van der Waals surface area contributed by atoms with E-state index in [0.29, 0.717) is 0 Å². The summed E-state index contributed by atoms with van der Waals surface area (Å²) >= 11 is 2.38. The van der Waals surface area contributed by atoms with Crippen molar-refractivity contribution in [2.24, 2.45) is 0 Å². The Bertz CT molecular complexity index is 45.5. The van der Waals surface area contributed by atoms with Gasteiger partial charge in [-0.25, -0.2) is 0 Å². The van der Waals surface area contributed by atoms with E-state index < -0.39 is 0 Å². The van der Waals surface area contributed by atoms with Crippen molar-refractivity contribution in [3.8, 4) is 0 Å². The molecule has 2 heteroatoms. The third-order valence-corrected chi connectivity index (χ3v) is 5.87. The monoisotopic (exact) mass is 134 g/mol. The second kappa shape index (κ2) is 4.10. The van der Waals surface area contributed by atoms with Crippen molar-refractivity contribution in [2.75, 3.05) is 0 Å². The SMILES string of the molecule is CC[Si](=[Ti+2])CC. The Morgan fingerprint density at radius 3 is 1.67 bits per heavy atom. The molecule has 0 rings (SSSR count). The van der Waals surface area contributed by atoms with Crippen LogP contribution in [0.2, 0.25) is 12.1 Å². The van der Waals surface area contributed by atoms with Gasteiger partial charge in [-0.1, -0.05) is 0 Å². The first-order chi connectivity index (χ1) is 2.81. The molecule has 0 bridgehead atoms. The summed E-state index contributed by atoms with van der Waals surface area (Å²) in [6, 6.07) is 2.86. The van der Waals surface area contributed by atoms with Crippen LogP contribution in [0, 0.1) is 0 Å². The molecular formula is C4H10SiTi+2. The van der Waals surface area contributed by atoms with Gasteiger partial charge in [-0.2, -0.15) is 0 Å². The van der Waals surface area contributed by atoms with Crippen molar-refractivity contribution in [2.45, 2.75) is 25.9 Å². The topological polar surface area (TPSA) is 0 Å². The van der Waals surface area contributed by atoms with Crippen LogP contribution >= 0.6 is 0 Å². The molecule has 32 valence electrons. The Balaban J connectivity index is 2.99. The van der Waals surface area contributed by atoms with Gasteiger partial charge in [0.15, 0.2) is 0 Å². The molecule has 0 N–H and O–H groups in total. The normalized spacial score (nSPS) is 8.67. The Labute approximate surface area is 51.5 Å². The standard InChI is InChI=1S/C4H10Si.Ti/c1-3-5-4-2;/h3-4H2,1-2H3;/q;+2. The first-order valence-electron chi connectivity index (χ1n) is 2.37. The fourth-order valence-corrected chi connectivity index (χ4v) is 0.750. The maximum absolute atomic E-state index is 2.38. The van der Waals surface area contributed by atoms with Crippen molar-refractivity contribution in [3.05, 3.63) is 0 Å². The van der Waals surface area contributed by atoms with Gasteiger partial charge in [0.05, 0.1) is 0 Å². The first-order valence-corrected chi connectivity index (χ1v) is 6.63. The summed E-state index contributed by atoms with van der Waals surface area (Å²) in [5.74, 6) is 0. The first kappa shape index (κ1) is 6.93. The molecule has 0 saturated heterocycles. The minimum absolute atomic E-state index is 0.132. The van der Waals surface area contributed by atoms with E-state index in [0.717, 1.165) is 0 Å². The zero-order valence-corrected chi connectivity index (χ0v) is 6.98. The molecule has 0 fully saturated rings. The quantitative estimate of drug-likeness (QED) is 0.503. The molecule has 0 aliphatic carbocycles. The molecule has 0 aliphatic rings. The summed E-state index contributed by atoms with van der Waals surface area (Å²) < 4.78 is 0. The third kappa shape index (κ3) is 3.13. The van der Waals surface area contributed by atoms with Gasteiger partial charge < -0.3 is 0 Å². The Morgan fingerprint density at radius 1 is 1.33 bits per heavy atom. The summed E-state index contributed by atoms with van der Waals surface area (Å²) in [5.41, 5.74) is 0. The molecule has 0 nitrogen and oxygen atoms in total. The summed E-state index contributed by atoms with van der Waals surface area (Å²) in [6.07, 6.45) is 0.132. The van der Waals surface area contributed by atoms with Crippen molar-refractivity contribution >= 4 is 6.19 Å². The molecule has 0 aliphatic heterocycles. The molecule has 0 radical (unpaired) electrons. The Kier molecular flexibility index (Phi) is 4.74. The van der Waals surface area contributed by atoms with E-state index in [1.54, 1.807) is 0 Å². The summed E-state index contributed by atoms with van der Waals surface area (Å²) in [5, 5.41) is 0. The fraction of sp³-hybridized carbons (Fsp3) is 1.00. The molecule has 0 atom stereocenters. The van der Waals surface area contributed by atoms with Crippen LogP contribution in [0.25, 0.3) is 0 Å². The van der Waals surface area contributed by atoms with Crippen LogP contribution in [-0.4, -0.2) is 6.19 Å². The van der Waals surface area contributed by atoms with Gasteiger partial charge in [0.25, 0.3) is 0 Å². The molecule has 0 spiro atoms.